The topological polar surface area (TPSA) is 49.0 Å². The van der Waals surface area contributed by atoms with Crippen LogP contribution in [0.25, 0.3) is 11.0 Å². The Morgan fingerprint density at radius 3 is 2.75 bits per heavy atom. The van der Waals surface area contributed by atoms with Crippen LogP contribution < -0.4 is 0 Å². The number of aromatic nitrogens is 2. The van der Waals surface area contributed by atoms with E-state index in [0.717, 1.165) is 21.3 Å². The van der Waals surface area contributed by atoms with Crippen molar-refractivity contribution >= 4 is 32.9 Å². The first-order valence-electron chi connectivity index (χ1n) is 4.86. The Bertz CT molecular complexity index is 560. The number of hydrogen-bond acceptors (Lipinski definition) is 2. The molecule has 2 rings (SSSR count). The van der Waals surface area contributed by atoms with Crippen LogP contribution >= 0.6 is 15.9 Å². The van der Waals surface area contributed by atoms with Crippen LogP contribution in [-0.4, -0.2) is 34.9 Å². The van der Waals surface area contributed by atoms with Crippen molar-refractivity contribution < 1.29 is 4.79 Å². The predicted octanol–water partition coefficient (Wildman–Crippen LogP) is 2.34. The molecular weight excluding hydrogens is 270 g/mol. The SMILES string of the molecule is Cc1nc2c(Br)cc(C(=O)N(C)C)cc2[nH]1. The number of aryl methyl sites for hydroxylation is 1. The number of benzene rings is 1. The molecule has 16 heavy (non-hydrogen) atoms. The maximum Gasteiger partial charge on any atom is 0.253 e. The van der Waals surface area contributed by atoms with Crippen molar-refractivity contribution in [2.75, 3.05) is 14.1 Å². The summed E-state index contributed by atoms with van der Waals surface area (Å²) in [6.45, 7) is 1.89. The van der Waals surface area contributed by atoms with Crippen molar-refractivity contribution in [1.82, 2.24) is 14.9 Å². The van der Waals surface area contributed by atoms with Crippen LogP contribution in [0.2, 0.25) is 0 Å². The number of fused-ring (bicyclic) bond motifs is 1. The summed E-state index contributed by atoms with van der Waals surface area (Å²) >= 11 is 3.43. The lowest BCUT2D eigenvalue weighted by Gasteiger charge is -2.10. The Kier molecular flexibility index (Phi) is 2.71. The quantitative estimate of drug-likeness (QED) is 0.872. The Labute approximate surface area is 102 Å². The van der Waals surface area contributed by atoms with Crippen LogP contribution in [0.1, 0.15) is 16.2 Å². The highest BCUT2D eigenvalue weighted by Gasteiger charge is 2.12. The van der Waals surface area contributed by atoms with Gasteiger partial charge in [-0.2, -0.15) is 0 Å². The van der Waals surface area contributed by atoms with Crippen LogP contribution in [-0.2, 0) is 0 Å². The first-order valence-corrected chi connectivity index (χ1v) is 5.66. The number of imidazole rings is 1. The number of rotatable bonds is 1. The molecule has 5 heteroatoms. The molecule has 2 aromatic rings. The number of carbonyl (C=O) groups excluding carboxylic acids is 1. The molecule has 0 bridgehead atoms. The fraction of sp³-hybridized carbons (Fsp3) is 0.273. The fourth-order valence-electron chi connectivity index (χ4n) is 1.58. The number of hydrogen-bond donors (Lipinski definition) is 1. The van der Waals surface area contributed by atoms with E-state index in [0.29, 0.717) is 5.56 Å². The van der Waals surface area contributed by atoms with E-state index in [-0.39, 0.29) is 5.91 Å². The molecular formula is C11H12BrN3O. The summed E-state index contributed by atoms with van der Waals surface area (Å²) < 4.78 is 0.833. The molecule has 1 aromatic carbocycles. The summed E-state index contributed by atoms with van der Waals surface area (Å²) in [5.74, 6) is 0.819. The molecule has 0 aliphatic rings. The van der Waals surface area contributed by atoms with Gasteiger partial charge in [0.25, 0.3) is 5.91 Å². The predicted molar refractivity (Wildman–Crippen MR) is 66.5 cm³/mol. The molecule has 84 valence electrons. The fourth-order valence-corrected chi connectivity index (χ4v) is 2.13. The van der Waals surface area contributed by atoms with Crippen molar-refractivity contribution in [3.8, 4) is 0 Å². The highest BCUT2D eigenvalue weighted by molar-refractivity contribution is 9.10. The van der Waals surface area contributed by atoms with E-state index in [1.807, 2.05) is 13.0 Å². The lowest BCUT2D eigenvalue weighted by atomic mass is 10.2. The van der Waals surface area contributed by atoms with Gasteiger partial charge in [0.05, 0.1) is 5.52 Å². The summed E-state index contributed by atoms with van der Waals surface area (Å²) in [4.78, 5) is 20.8. The zero-order valence-corrected chi connectivity index (χ0v) is 10.9. The van der Waals surface area contributed by atoms with Crippen LogP contribution in [0, 0.1) is 6.92 Å². The zero-order chi connectivity index (χ0) is 11.9. The highest BCUT2D eigenvalue weighted by atomic mass is 79.9. The minimum Gasteiger partial charge on any atom is -0.345 e. The summed E-state index contributed by atoms with van der Waals surface area (Å²) in [6, 6.07) is 3.62. The monoisotopic (exact) mass is 281 g/mol. The number of carbonyl (C=O) groups is 1. The lowest BCUT2D eigenvalue weighted by molar-refractivity contribution is 0.0827. The molecule has 0 radical (unpaired) electrons. The molecule has 0 aliphatic heterocycles. The molecule has 1 amide bonds. The molecule has 4 nitrogen and oxygen atoms in total. The van der Waals surface area contributed by atoms with Gasteiger partial charge in [0, 0.05) is 24.1 Å². The molecule has 0 saturated heterocycles. The third-order valence-corrected chi connectivity index (χ3v) is 2.92. The van der Waals surface area contributed by atoms with Crippen molar-refractivity contribution in [1.29, 1.82) is 0 Å². The van der Waals surface area contributed by atoms with Crippen LogP contribution in [0.15, 0.2) is 16.6 Å². The summed E-state index contributed by atoms with van der Waals surface area (Å²) in [5, 5.41) is 0. The molecule has 0 aliphatic carbocycles. The Morgan fingerprint density at radius 2 is 2.12 bits per heavy atom. The van der Waals surface area contributed by atoms with Crippen LogP contribution in [0.5, 0.6) is 0 Å². The standard InChI is InChI=1S/C11H12BrN3O/c1-6-13-9-5-7(11(16)15(2)3)4-8(12)10(9)14-6/h4-5H,1-3H3,(H,13,14). The van der Waals surface area contributed by atoms with Crippen molar-refractivity contribution in [2.24, 2.45) is 0 Å². The zero-order valence-electron chi connectivity index (χ0n) is 9.34. The van der Waals surface area contributed by atoms with E-state index in [1.165, 1.54) is 0 Å². The molecule has 0 atom stereocenters. The summed E-state index contributed by atoms with van der Waals surface area (Å²) in [6.07, 6.45) is 0. The van der Waals surface area contributed by atoms with Gasteiger partial charge in [0.2, 0.25) is 0 Å². The average Bonchev–Trinajstić information content (AvgIpc) is 2.57. The van der Waals surface area contributed by atoms with E-state index in [2.05, 4.69) is 25.9 Å². The molecule has 0 saturated carbocycles. The van der Waals surface area contributed by atoms with Gasteiger partial charge in [-0.05, 0) is 35.0 Å². The van der Waals surface area contributed by atoms with Crippen LogP contribution in [0.3, 0.4) is 0 Å². The van der Waals surface area contributed by atoms with Gasteiger partial charge in [-0.1, -0.05) is 0 Å². The minimum absolute atomic E-state index is 0.0187. The molecule has 1 heterocycles. The van der Waals surface area contributed by atoms with Gasteiger partial charge < -0.3 is 9.88 Å². The number of amides is 1. The average molecular weight is 282 g/mol. The molecule has 0 unspecified atom stereocenters. The van der Waals surface area contributed by atoms with Crippen molar-refractivity contribution in [3.63, 3.8) is 0 Å². The second kappa shape index (κ2) is 3.90. The lowest BCUT2D eigenvalue weighted by Crippen LogP contribution is -2.21. The van der Waals surface area contributed by atoms with E-state index >= 15 is 0 Å². The summed E-state index contributed by atoms with van der Waals surface area (Å²) in [5.41, 5.74) is 2.37. The Balaban J connectivity index is 2.61. The summed E-state index contributed by atoms with van der Waals surface area (Å²) in [7, 11) is 3.47. The Hall–Kier alpha value is -1.36. The molecule has 1 aromatic heterocycles. The van der Waals surface area contributed by atoms with Gasteiger partial charge in [-0.15, -0.1) is 0 Å². The number of halogens is 1. The first-order chi connectivity index (χ1) is 7.49. The first kappa shape index (κ1) is 11.1. The maximum absolute atomic E-state index is 11.8. The smallest absolute Gasteiger partial charge is 0.253 e. The van der Waals surface area contributed by atoms with Gasteiger partial charge in [-0.25, -0.2) is 4.98 Å². The number of nitrogens with one attached hydrogen (secondary N) is 1. The largest absolute Gasteiger partial charge is 0.345 e. The normalized spacial score (nSPS) is 10.8. The minimum atomic E-state index is -0.0187. The molecule has 0 fully saturated rings. The second-order valence-corrected chi connectivity index (χ2v) is 4.73. The van der Waals surface area contributed by atoms with Crippen molar-refractivity contribution in [3.05, 3.63) is 28.0 Å². The molecule has 0 spiro atoms. The second-order valence-electron chi connectivity index (χ2n) is 3.88. The van der Waals surface area contributed by atoms with E-state index < -0.39 is 0 Å². The van der Waals surface area contributed by atoms with E-state index in [1.54, 1.807) is 25.1 Å². The van der Waals surface area contributed by atoms with E-state index in [9.17, 15) is 4.79 Å². The Morgan fingerprint density at radius 1 is 1.44 bits per heavy atom. The number of H-pyrrole nitrogens is 1. The van der Waals surface area contributed by atoms with Gasteiger partial charge in [0.15, 0.2) is 0 Å². The van der Waals surface area contributed by atoms with Gasteiger partial charge in [0.1, 0.15) is 11.3 Å². The van der Waals surface area contributed by atoms with Crippen LogP contribution in [0.4, 0.5) is 0 Å². The third kappa shape index (κ3) is 1.82. The number of nitrogens with zero attached hydrogens (tertiary/aromatic N) is 2. The van der Waals surface area contributed by atoms with Gasteiger partial charge >= 0.3 is 0 Å². The van der Waals surface area contributed by atoms with Gasteiger partial charge in [-0.3, -0.25) is 4.79 Å². The third-order valence-electron chi connectivity index (χ3n) is 2.31. The highest BCUT2D eigenvalue weighted by Crippen LogP contribution is 2.24. The maximum atomic E-state index is 11.8. The van der Waals surface area contributed by atoms with Crippen molar-refractivity contribution in [2.45, 2.75) is 6.92 Å². The number of aromatic amines is 1. The van der Waals surface area contributed by atoms with E-state index in [4.69, 9.17) is 0 Å². The molecule has 1 N–H and O–H groups in total.